The van der Waals surface area contributed by atoms with Crippen LogP contribution in [0, 0.1) is 17.2 Å². The summed E-state index contributed by atoms with van der Waals surface area (Å²) in [6.45, 7) is 8.02. The van der Waals surface area contributed by atoms with E-state index in [1.165, 1.54) is 11.3 Å². The maximum Gasteiger partial charge on any atom is 0.243 e. The molecular formula is C12H17N3OS. The number of amides is 1. The molecule has 4 nitrogen and oxygen atoms in total. The quantitative estimate of drug-likeness (QED) is 0.898. The summed E-state index contributed by atoms with van der Waals surface area (Å²) in [6.07, 6.45) is 0.514. The Hall–Kier alpha value is -1.41. The molecule has 1 rings (SSSR count). The molecule has 1 aromatic heterocycles. The number of carbonyl (C=O) groups excluding carboxylic acids is 1. The fourth-order valence-electron chi connectivity index (χ4n) is 1.20. The fraction of sp³-hybridized carbons (Fsp3) is 0.583. The van der Waals surface area contributed by atoms with Crippen LogP contribution in [0.4, 0.5) is 5.13 Å². The van der Waals surface area contributed by atoms with E-state index in [9.17, 15) is 4.79 Å². The van der Waals surface area contributed by atoms with Gasteiger partial charge in [0.05, 0.1) is 11.8 Å². The van der Waals surface area contributed by atoms with Gasteiger partial charge in [0.15, 0.2) is 5.13 Å². The van der Waals surface area contributed by atoms with E-state index in [1.807, 2.05) is 18.4 Å². The van der Waals surface area contributed by atoms with Gasteiger partial charge < -0.3 is 5.32 Å². The Morgan fingerprint density at radius 1 is 1.65 bits per heavy atom. The van der Waals surface area contributed by atoms with Crippen LogP contribution in [0.2, 0.25) is 0 Å². The SMILES string of the molecule is CCC(C#N)C(=O)Nc1nc(C(C)(C)C)cs1. The number of anilines is 1. The molecule has 1 amide bonds. The largest absolute Gasteiger partial charge is 0.301 e. The highest BCUT2D eigenvalue weighted by molar-refractivity contribution is 7.13. The number of hydrogen-bond donors (Lipinski definition) is 1. The molecule has 0 radical (unpaired) electrons. The molecule has 5 heteroatoms. The lowest BCUT2D eigenvalue weighted by Gasteiger charge is -2.14. The molecular weight excluding hydrogens is 234 g/mol. The van der Waals surface area contributed by atoms with Crippen LogP contribution < -0.4 is 5.32 Å². The van der Waals surface area contributed by atoms with Gasteiger partial charge >= 0.3 is 0 Å². The van der Waals surface area contributed by atoms with Gasteiger partial charge in [-0.25, -0.2) is 4.98 Å². The lowest BCUT2D eigenvalue weighted by Crippen LogP contribution is -2.21. The summed E-state index contributed by atoms with van der Waals surface area (Å²) in [5.41, 5.74) is 0.918. The van der Waals surface area contributed by atoms with Crippen molar-refractivity contribution in [3.05, 3.63) is 11.1 Å². The molecule has 1 N–H and O–H groups in total. The molecule has 0 aliphatic rings. The molecule has 0 fully saturated rings. The van der Waals surface area contributed by atoms with Crippen molar-refractivity contribution in [3.8, 4) is 6.07 Å². The molecule has 0 aliphatic carbocycles. The minimum absolute atomic E-state index is 0.0289. The standard InChI is InChI=1S/C12H17N3OS/c1-5-8(6-13)10(16)15-11-14-9(7-17-11)12(2,3)4/h7-8H,5H2,1-4H3,(H,14,15,16). The monoisotopic (exact) mass is 251 g/mol. The van der Waals surface area contributed by atoms with Crippen LogP contribution in [-0.2, 0) is 10.2 Å². The van der Waals surface area contributed by atoms with Crippen LogP contribution in [0.3, 0.4) is 0 Å². The van der Waals surface area contributed by atoms with Crippen LogP contribution in [0.5, 0.6) is 0 Å². The lowest BCUT2D eigenvalue weighted by molar-refractivity contribution is -0.118. The van der Waals surface area contributed by atoms with Crippen molar-refractivity contribution >= 4 is 22.4 Å². The van der Waals surface area contributed by atoms with Crippen LogP contribution in [-0.4, -0.2) is 10.9 Å². The van der Waals surface area contributed by atoms with Crippen LogP contribution in [0.15, 0.2) is 5.38 Å². The molecule has 1 unspecified atom stereocenters. The summed E-state index contributed by atoms with van der Waals surface area (Å²) >= 11 is 1.39. The summed E-state index contributed by atoms with van der Waals surface area (Å²) in [4.78, 5) is 16.0. The second-order valence-electron chi connectivity index (χ2n) is 4.87. The molecule has 1 heterocycles. The zero-order chi connectivity index (χ0) is 13.1. The number of nitriles is 1. The lowest BCUT2D eigenvalue weighted by atomic mass is 9.93. The molecule has 0 spiro atoms. The number of aromatic nitrogens is 1. The first kappa shape index (κ1) is 13.7. The normalized spacial score (nSPS) is 12.9. The maximum absolute atomic E-state index is 11.7. The number of rotatable bonds is 3. The third kappa shape index (κ3) is 3.53. The highest BCUT2D eigenvalue weighted by atomic mass is 32.1. The number of carbonyl (C=O) groups is 1. The summed E-state index contributed by atoms with van der Waals surface area (Å²) < 4.78 is 0. The molecule has 17 heavy (non-hydrogen) atoms. The van der Waals surface area contributed by atoms with E-state index in [-0.39, 0.29) is 11.3 Å². The van der Waals surface area contributed by atoms with E-state index >= 15 is 0 Å². The average Bonchev–Trinajstić information content (AvgIpc) is 2.67. The molecule has 0 aromatic carbocycles. The van der Waals surface area contributed by atoms with Crippen LogP contribution in [0.25, 0.3) is 0 Å². The van der Waals surface area contributed by atoms with E-state index < -0.39 is 5.92 Å². The number of nitrogens with one attached hydrogen (secondary N) is 1. The highest BCUT2D eigenvalue weighted by Crippen LogP contribution is 2.26. The number of nitrogens with zero attached hydrogens (tertiary/aromatic N) is 2. The fourth-order valence-corrected chi connectivity index (χ4v) is 2.14. The third-order valence-electron chi connectivity index (χ3n) is 2.38. The first-order valence-corrected chi connectivity index (χ1v) is 6.43. The average molecular weight is 251 g/mol. The Kier molecular flexibility index (Phi) is 4.24. The van der Waals surface area contributed by atoms with Crippen molar-refractivity contribution in [2.24, 2.45) is 5.92 Å². The molecule has 92 valence electrons. The Labute approximate surface area is 106 Å². The van der Waals surface area contributed by atoms with Crippen molar-refractivity contribution in [3.63, 3.8) is 0 Å². The minimum Gasteiger partial charge on any atom is -0.301 e. The number of thiazole rings is 1. The first-order chi connectivity index (χ1) is 7.88. The van der Waals surface area contributed by atoms with Gasteiger partial charge in [-0.05, 0) is 6.42 Å². The molecule has 1 atom stereocenters. The van der Waals surface area contributed by atoms with Crippen molar-refractivity contribution in [2.75, 3.05) is 5.32 Å². The molecule has 1 aromatic rings. The maximum atomic E-state index is 11.7. The van der Waals surface area contributed by atoms with Crippen molar-refractivity contribution in [1.82, 2.24) is 4.98 Å². The topological polar surface area (TPSA) is 65.8 Å². The highest BCUT2D eigenvalue weighted by Gasteiger charge is 2.20. The van der Waals surface area contributed by atoms with Crippen molar-refractivity contribution in [1.29, 1.82) is 5.26 Å². The molecule has 0 saturated carbocycles. The summed E-state index contributed by atoms with van der Waals surface area (Å²) in [6, 6.07) is 1.97. The van der Waals surface area contributed by atoms with E-state index in [2.05, 4.69) is 31.1 Å². The summed E-state index contributed by atoms with van der Waals surface area (Å²) in [7, 11) is 0. The van der Waals surface area contributed by atoms with Crippen LogP contribution in [0.1, 0.15) is 39.8 Å². The Morgan fingerprint density at radius 2 is 2.29 bits per heavy atom. The molecule has 0 saturated heterocycles. The number of hydrogen-bond acceptors (Lipinski definition) is 4. The zero-order valence-electron chi connectivity index (χ0n) is 10.6. The van der Waals surface area contributed by atoms with Gasteiger partial charge in [-0.1, -0.05) is 27.7 Å². The van der Waals surface area contributed by atoms with E-state index in [4.69, 9.17) is 5.26 Å². The second kappa shape index (κ2) is 5.28. The van der Waals surface area contributed by atoms with Gasteiger partial charge in [0.25, 0.3) is 0 Å². The Morgan fingerprint density at radius 3 is 2.71 bits per heavy atom. The predicted octanol–water partition coefficient (Wildman–Crippen LogP) is 2.93. The summed E-state index contributed by atoms with van der Waals surface area (Å²) in [5.74, 6) is -0.873. The Balaban J connectivity index is 2.74. The van der Waals surface area contributed by atoms with Gasteiger partial charge in [0.1, 0.15) is 5.92 Å². The van der Waals surface area contributed by atoms with Gasteiger partial charge in [0.2, 0.25) is 5.91 Å². The van der Waals surface area contributed by atoms with Gasteiger partial charge in [0, 0.05) is 10.8 Å². The molecule has 0 bridgehead atoms. The molecule has 0 aliphatic heterocycles. The zero-order valence-corrected chi connectivity index (χ0v) is 11.4. The summed E-state index contributed by atoms with van der Waals surface area (Å²) in [5, 5.41) is 14.0. The van der Waals surface area contributed by atoms with Crippen molar-refractivity contribution in [2.45, 2.75) is 39.5 Å². The van der Waals surface area contributed by atoms with E-state index in [0.29, 0.717) is 11.6 Å². The van der Waals surface area contributed by atoms with Crippen LogP contribution >= 0.6 is 11.3 Å². The smallest absolute Gasteiger partial charge is 0.243 e. The van der Waals surface area contributed by atoms with Gasteiger partial charge in [-0.3, -0.25) is 4.79 Å². The first-order valence-electron chi connectivity index (χ1n) is 5.55. The van der Waals surface area contributed by atoms with Gasteiger partial charge in [-0.15, -0.1) is 11.3 Å². The predicted molar refractivity (Wildman–Crippen MR) is 68.8 cm³/mol. The van der Waals surface area contributed by atoms with E-state index in [1.54, 1.807) is 0 Å². The van der Waals surface area contributed by atoms with Crippen molar-refractivity contribution < 1.29 is 4.79 Å². The Bertz CT molecular complexity index is 439. The minimum atomic E-state index is -0.600. The van der Waals surface area contributed by atoms with Gasteiger partial charge in [-0.2, -0.15) is 5.26 Å². The third-order valence-corrected chi connectivity index (χ3v) is 3.14. The van der Waals surface area contributed by atoms with E-state index in [0.717, 1.165) is 5.69 Å². The second-order valence-corrected chi connectivity index (χ2v) is 5.73.